The maximum absolute atomic E-state index is 15.9. The number of anilines is 2. The maximum atomic E-state index is 15.9. The number of rotatable bonds is 8. The van der Waals surface area contributed by atoms with Gasteiger partial charge >= 0.3 is 0 Å². The smallest absolute Gasteiger partial charge is 0.263 e. The van der Waals surface area contributed by atoms with Crippen molar-refractivity contribution in [2.75, 3.05) is 17.2 Å². The molecule has 0 radical (unpaired) electrons. The molecular weight excluding hydrogens is 640 g/mol. The van der Waals surface area contributed by atoms with Crippen molar-refractivity contribution in [3.63, 3.8) is 0 Å². The fraction of sp³-hybridized carbons (Fsp3) is 0.393. The van der Waals surface area contributed by atoms with Crippen LogP contribution in [-0.2, 0) is 5.54 Å². The molecule has 0 bridgehead atoms. The van der Waals surface area contributed by atoms with Gasteiger partial charge in [0.05, 0.1) is 32.0 Å². The molecule has 3 aromatic heterocycles. The van der Waals surface area contributed by atoms with E-state index < -0.39 is 29.9 Å². The summed E-state index contributed by atoms with van der Waals surface area (Å²) in [5.41, 5.74) is -0.0731. The van der Waals surface area contributed by atoms with Gasteiger partial charge < -0.3 is 10.6 Å². The second-order valence-corrected chi connectivity index (χ2v) is 12.7. The number of aromatic nitrogens is 5. The lowest BCUT2D eigenvalue weighted by Crippen LogP contribution is -2.29. The van der Waals surface area contributed by atoms with Crippen molar-refractivity contribution in [2.45, 2.75) is 58.5 Å². The average Bonchev–Trinajstić information content (AvgIpc) is 3.64. The molecule has 220 valence electrons. The fourth-order valence-electron chi connectivity index (χ4n) is 4.72. The van der Waals surface area contributed by atoms with Crippen LogP contribution >= 0.6 is 27.5 Å². The van der Waals surface area contributed by atoms with Gasteiger partial charge in [-0.05, 0) is 53.2 Å². The van der Waals surface area contributed by atoms with Gasteiger partial charge in [-0.2, -0.15) is 14.0 Å². The van der Waals surface area contributed by atoms with Crippen LogP contribution in [0.5, 0.6) is 0 Å². The molecule has 0 unspecified atom stereocenters. The minimum atomic E-state index is -2.84. The number of alkyl halides is 2. The lowest BCUT2D eigenvalue weighted by molar-refractivity contribution is 0.0524. The summed E-state index contributed by atoms with van der Waals surface area (Å²) in [6.07, 6.45) is -1.29. The van der Waals surface area contributed by atoms with E-state index in [4.69, 9.17) is 11.6 Å². The van der Waals surface area contributed by atoms with Crippen molar-refractivity contribution in [1.29, 1.82) is 5.26 Å². The monoisotopic (exact) mass is 664 g/mol. The third-order valence-electron chi connectivity index (χ3n) is 7.15. The number of nitriles is 1. The highest BCUT2D eigenvalue weighted by Gasteiger charge is 2.56. The van der Waals surface area contributed by atoms with Crippen molar-refractivity contribution < 1.29 is 17.6 Å². The van der Waals surface area contributed by atoms with Crippen molar-refractivity contribution in [3.05, 3.63) is 68.3 Å². The molecule has 1 aliphatic rings. The molecule has 8 nitrogen and oxygen atoms in total. The van der Waals surface area contributed by atoms with Gasteiger partial charge in [0.15, 0.2) is 0 Å². The highest BCUT2D eigenvalue weighted by molar-refractivity contribution is 9.10. The highest BCUT2D eigenvalue weighted by Crippen LogP contribution is 2.49. The number of hydrogen-bond acceptors (Lipinski definition) is 7. The predicted octanol–water partition coefficient (Wildman–Crippen LogP) is 7.51. The Morgan fingerprint density at radius 1 is 1.24 bits per heavy atom. The fourth-order valence-corrected chi connectivity index (χ4v) is 5.58. The molecule has 3 heterocycles. The first kappa shape index (κ1) is 30.0. The van der Waals surface area contributed by atoms with Crippen molar-refractivity contribution in [2.24, 2.45) is 5.41 Å². The van der Waals surface area contributed by atoms with Crippen LogP contribution in [0, 0.1) is 35.6 Å². The molecule has 1 aromatic carbocycles. The molecular formula is C28H26BrClF4N8. The SMILES string of the molecule is Cc1nc(F)ccc1[C@H](Nc1cc(Cl)c2ncc(C#N)c(NCC(C)(C)C)c2c1Br)c1nnn(C2(C(F)F)CC2)c1F. The van der Waals surface area contributed by atoms with E-state index >= 15 is 4.39 Å². The zero-order valence-electron chi connectivity index (χ0n) is 23.0. The molecule has 0 saturated heterocycles. The Kier molecular flexibility index (Phi) is 7.83. The number of hydrogen-bond donors (Lipinski definition) is 2. The van der Waals surface area contributed by atoms with E-state index in [1.165, 1.54) is 19.2 Å². The first-order chi connectivity index (χ1) is 19.8. The van der Waals surface area contributed by atoms with Gasteiger partial charge in [0.25, 0.3) is 6.43 Å². The lowest BCUT2D eigenvalue weighted by atomic mass is 9.96. The number of fused-ring (bicyclic) bond motifs is 1. The van der Waals surface area contributed by atoms with Crippen LogP contribution in [0.4, 0.5) is 28.9 Å². The quantitative estimate of drug-likeness (QED) is 0.148. The second-order valence-electron chi connectivity index (χ2n) is 11.5. The standard InChI is InChI=1S/C28H26BrClF4N8/c1-13-15(5-6-18(31)38-13)22(24-25(32)42(41-40-24)28(7-8-28)26(33)34)39-17-9-16(30)23-19(20(17)29)21(14(10-35)11-36-23)37-12-27(2,3)4/h5-6,9,11,22,26,39H,7-8,12H2,1-4H3,(H,36,37)/t22-/m0/s1. The molecule has 4 aromatic rings. The average molecular weight is 666 g/mol. The summed E-state index contributed by atoms with van der Waals surface area (Å²) in [4.78, 5) is 8.25. The largest absolute Gasteiger partial charge is 0.383 e. The van der Waals surface area contributed by atoms with Crippen LogP contribution in [0.3, 0.4) is 0 Å². The molecule has 1 saturated carbocycles. The molecule has 0 spiro atoms. The Balaban J connectivity index is 1.68. The topological polar surface area (TPSA) is 104 Å². The summed E-state index contributed by atoms with van der Waals surface area (Å²) in [5, 5.41) is 24.8. The molecule has 14 heteroatoms. The minimum Gasteiger partial charge on any atom is -0.383 e. The van der Waals surface area contributed by atoms with Crippen LogP contribution in [-0.4, -0.2) is 37.9 Å². The number of aryl methyl sites for hydroxylation is 1. The van der Waals surface area contributed by atoms with Crippen molar-refractivity contribution in [1.82, 2.24) is 25.0 Å². The van der Waals surface area contributed by atoms with E-state index in [-0.39, 0.29) is 40.2 Å². The Bertz CT molecular complexity index is 1730. The predicted molar refractivity (Wildman–Crippen MR) is 155 cm³/mol. The third-order valence-corrected chi connectivity index (χ3v) is 8.27. The maximum Gasteiger partial charge on any atom is 0.263 e. The summed E-state index contributed by atoms with van der Waals surface area (Å²) in [7, 11) is 0. The van der Waals surface area contributed by atoms with E-state index in [0.717, 1.165) is 6.07 Å². The summed E-state index contributed by atoms with van der Waals surface area (Å²) in [6, 6.07) is 5.10. The van der Waals surface area contributed by atoms with Gasteiger partial charge in [-0.1, -0.05) is 43.7 Å². The third kappa shape index (κ3) is 5.38. The van der Waals surface area contributed by atoms with E-state index in [1.807, 2.05) is 20.8 Å². The van der Waals surface area contributed by atoms with Gasteiger partial charge in [-0.25, -0.2) is 18.4 Å². The Morgan fingerprint density at radius 2 is 1.95 bits per heavy atom. The van der Waals surface area contributed by atoms with Crippen LogP contribution in [0.2, 0.25) is 5.02 Å². The number of pyridine rings is 2. The molecule has 42 heavy (non-hydrogen) atoms. The molecule has 1 aliphatic carbocycles. The van der Waals surface area contributed by atoms with Crippen molar-refractivity contribution in [3.8, 4) is 6.07 Å². The van der Waals surface area contributed by atoms with Gasteiger partial charge in [-0.15, -0.1) is 5.10 Å². The second kappa shape index (κ2) is 11.0. The van der Waals surface area contributed by atoms with Crippen LogP contribution in [0.25, 0.3) is 10.9 Å². The number of benzene rings is 1. The summed E-state index contributed by atoms with van der Waals surface area (Å²) < 4.78 is 58.6. The van der Waals surface area contributed by atoms with Crippen molar-refractivity contribution >= 4 is 49.8 Å². The first-order valence-electron chi connectivity index (χ1n) is 13.0. The van der Waals surface area contributed by atoms with Gasteiger partial charge in [-0.3, -0.25) is 4.98 Å². The summed E-state index contributed by atoms with van der Waals surface area (Å²) >= 11 is 10.3. The molecule has 1 fully saturated rings. The number of nitrogens with one attached hydrogen (secondary N) is 2. The van der Waals surface area contributed by atoms with Gasteiger partial charge in [0.1, 0.15) is 23.3 Å². The summed E-state index contributed by atoms with van der Waals surface area (Å²) in [5.74, 6) is -1.79. The van der Waals surface area contributed by atoms with Gasteiger partial charge in [0, 0.05) is 29.4 Å². The van der Waals surface area contributed by atoms with E-state index in [9.17, 15) is 18.4 Å². The lowest BCUT2D eigenvalue weighted by Gasteiger charge is -2.24. The van der Waals surface area contributed by atoms with E-state index in [0.29, 0.717) is 43.5 Å². The Hall–Kier alpha value is -3.50. The zero-order chi connectivity index (χ0) is 30.6. The normalized spacial score (nSPS) is 15.1. The van der Waals surface area contributed by atoms with Gasteiger partial charge in [0.2, 0.25) is 11.9 Å². The number of nitrogens with zero attached hydrogens (tertiary/aromatic N) is 6. The Labute approximate surface area is 252 Å². The molecule has 1 atom stereocenters. The summed E-state index contributed by atoms with van der Waals surface area (Å²) in [6.45, 7) is 8.17. The van der Waals surface area contributed by atoms with Crippen LogP contribution in [0.15, 0.2) is 28.9 Å². The zero-order valence-corrected chi connectivity index (χ0v) is 25.4. The van der Waals surface area contributed by atoms with E-state index in [2.05, 4.69) is 52.9 Å². The Morgan fingerprint density at radius 3 is 2.55 bits per heavy atom. The molecule has 0 aliphatic heterocycles. The number of halogens is 6. The van der Waals surface area contributed by atoms with Crippen LogP contribution in [0.1, 0.15) is 62.2 Å². The minimum absolute atomic E-state index is 0.0595. The molecule has 5 rings (SSSR count). The molecule has 0 amide bonds. The van der Waals surface area contributed by atoms with E-state index in [1.54, 1.807) is 6.07 Å². The highest BCUT2D eigenvalue weighted by atomic mass is 79.9. The molecule has 2 N–H and O–H groups in total. The first-order valence-corrected chi connectivity index (χ1v) is 14.2. The van der Waals surface area contributed by atoms with Crippen LogP contribution < -0.4 is 10.6 Å².